The van der Waals surface area contributed by atoms with Gasteiger partial charge in [-0.15, -0.1) is 0 Å². The summed E-state index contributed by atoms with van der Waals surface area (Å²) in [6, 6.07) is 6.46. The molecule has 2 nitrogen and oxygen atoms in total. The zero-order chi connectivity index (χ0) is 10.8. The Morgan fingerprint density at radius 1 is 1.33 bits per heavy atom. The normalized spacial score (nSPS) is 20.4. The maximum Gasteiger partial charge on any atom is 0.223 e. The molecule has 0 saturated carbocycles. The van der Waals surface area contributed by atoms with Crippen molar-refractivity contribution in [1.29, 1.82) is 0 Å². The van der Waals surface area contributed by atoms with Gasteiger partial charge in [0.2, 0.25) is 5.91 Å². The number of carbonyl (C=O) groups is 1. The summed E-state index contributed by atoms with van der Waals surface area (Å²) in [6.45, 7) is 5.07. The van der Waals surface area contributed by atoms with E-state index in [1.54, 1.807) is 0 Å². The molecule has 0 bridgehead atoms. The SMILES string of the molecule is Cc1ccc(CC2CCNC2=O)cc1C. The topological polar surface area (TPSA) is 29.1 Å². The number of nitrogens with one attached hydrogen (secondary N) is 1. The van der Waals surface area contributed by atoms with Gasteiger partial charge in [-0.1, -0.05) is 18.2 Å². The van der Waals surface area contributed by atoms with Gasteiger partial charge in [0.1, 0.15) is 0 Å². The summed E-state index contributed by atoms with van der Waals surface area (Å²) in [5, 5.41) is 2.88. The second kappa shape index (κ2) is 4.05. The molecule has 0 aromatic heterocycles. The van der Waals surface area contributed by atoms with E-state index in [1.807, 2.05) is 0 Å². The van der Waals surface area contributed by atoms with Crippen LogP contribution in [0.15, 0.2) is 18.2 Å². The number of benzene rings is 1. The van der Waals surface area contributed by atoms with Gasteiger partial charge in [0.05, 0.1) is 0 Å². The third-order valence-corrected chi connectivity index (χ3v) is 3.22. The first-order chi connectivity index (χ1) is 7.16. The van der Waals surface area contributed by atoms with E-state index in [1.165, 1.54) is 16.7 Å². The summed E-state index contributed by atoms with van der Waals surface area (Å²) in [5.41, 5.74) is 3.90. The van der Waals surface area contributed by atoms with Crippen molar-refractivity contribution >= 4 is 5.91 Å². The van der Waals surface area contributed by atoms with Crippen LogP contribution in [0, 0.1) is 19.8 Å². The van der Waals surface area contributed by atoms with Crippen molar-refractivity contribution in [2.75, 3.05) is 6.54 Å². The van der Waals surface area contributed by atoms with Crippen LogP contribution in [0.5, 0.6) is 0 Å². The van der Waals surface area contributed by atoms with Crippen molar-refractivity contribution in [3.8, 4) is 0 Å². The van der Waals surface area contributed by atoms with Crippen LogP contribution in [-0.4, -0.2) is 12.5 Å². The molecule has 15 heavy (non-hydrogen) atoms. The monoisotopic (exact) mass is 203 g/mol. The average molecular weight is 203 g/mol. The smallest absolute Gasteiger partial charge is 0.223 e. The highest BCUT2D eigenvalue weighted by molar-refractivity contribution is 5.80. The number of aryl methyl sites for hydroxylation is 2. The fourth-order valence-corrected chi connectivity index (χ4v) is 2.05. The largest absolute Gasteiger partial charge is 0.356 e. The van der Waals surface area contributed by atoms with E-state index in [0.717, 1.165) is 19.4 Å². The van der Waals surface area contributed by atoms with E-state index in [0.29, 0.717) is 0 Å². The first-order valence-electron chi connectivity index (χ1n) is 5.50. The van der Waals surface area contributed by atoms with Gasteiger partial charge in [-0.25, -0.2) is 0 Å². The molecule has 1 heterocycles. The molecule has 1 aliphatic heterocycles. The summed E-state index contributed by atoms with van der Waals surface area (Å²) < 4.78 is 0. The summed E-state index contributed by atoms with van der Waals surface area (Å²) >= 11 is 0. The third kappa shape index (κ3) is 2.20. The fourth-order valence-electron chi connectivity index (χ4n) is 2.05. The van der Waals surface area contributed by atoms with Gasteiger partial charge in [0.25, 0.3) is 0 Å². The molecule has 2 rings (SSSR count). The summed E-state index contributed by atoms with van der Waals surface area (Å²) in [6.07, 6.45) is 1.86. The first kappa shape index (κ1) is 10.2. The molecular formula is C13H17NO. The summed E-state index contributed by atoms with van der Waals surface area (Å²) in [7, 11) is 0. The quantitative estimate of drug-likeness (QED) is 0.782. The Bertz CT molecular complexity index is 384. The van der Waals surface area contributed by atoms with Gasteiger partial charge in [0.15, 0.2) is 0 Å². The van der Waals surface area contributed by atoms with Crippen LogP contribution in [0.4, 0.5) is 0 Å². The lowest BCUT2D eigenvalue weighted by atomic mass is 9.96. The van der Waals surface area contributed by atoms with Crippen molar-refractivity contribution in [3.05, 3.63) is 34.9 Å². The Labute approximate surface area is 90.7 Å². The van der Waals surface area contributed by atoms with Gasteiger partial charge in [0, 0.05) is 12.5 Å². The van der Waals surface area contributed by atoms with Gasteiger partial charge < -0.3 is 5.32 Å². The Morgan fingerprint density at radius 3 is 2.73 bits per heavy atom. The minimum atomic E-state index is 0.187. The molecular weight excluding hydrogens is 186 g/mol. The molecule has 2 heteroatoms. The number of hydrogen-bond donors (Lipinski definition) is 1. The number of carbonyl (C=O) groups excluding carboxylic acids is 1. The highest BCUT2D eigenvalue weighted by Crippen LogP contribution is 2.18. The lowest BCUT2D eigenvalue weighted by Crippen LogP contribution is -2.20. The Kier molecular flexibility index (Phi) is 2.76. The molecule has 1 saturated heterocycles. The van der Waals surface area contributed by atoms with Gasteiger partial charge >= 0.3 is 0 Å². The van der Waals surface area contributed by atoms with Crippen LogP contribution in [0.2, 0.25) is 0 Å². The van der Waals surface area contributed by atoms with Crippen LogP contribution in [0.25, 0.3) is 0 Å². The summed E-state index contributed by atoms with van der Waals surface area (Å²) in [5.74, 6) is 0.403. The van der Waals surface area contributed by atoms with E-state index >= 15 is 0 Å². The standard InChI is InChI=1S/C13H17NO/c1-9-3-4-11(7-10(9)2)8-12-5-6-14-13(12)15/h3-4,7,12H,5-6,8H2,1-2H3,(H,14,15). The van der Waals surface area contributed by atoms with E-state index in [-0.39, 0.29) is 11.8 Å². The molecule has 80 valence electrons. The maximum atomic E-state index is 11.4. The average Bonchev–Trinajstić information content (AvgIpc) is 2.59. The predicted molar refractivity (Wildman–Crippen MR) is 60.7 cm³/mol. The number of hydrogen-bond acceptors (Lipinski definition) is 1. The van der Waals surface area contributed by atoms with E-state index in [9.17, 15) is 4.79 Å². The fraction of sp³-hybridized carbons (Fsp3) is 0.462. The van der Waals surface area contributed by atoms with Crippen molar-refractivity contribution in [2.45, 2.75) is 26.7 Å². The van der Waals surface area contributed by atoms with Crippen molar-refractivity contribution in [2.24, 2.45) is 5.92 Å². The van der Waals surface area contributed by atoms with Crippen LogP contribution in [0.3, 0.4) is 0 Å². The van der Waals surface area contributed by atoms with Crippen LogP contribution >= 0.6 is 0 Å². The lowest BCUT2D eigenvalue weighted by molar-refractivity contribution is -0.122. The molecule has 1 fully saturated rings. The molecule has 1 N–H and O–H groups in total. The maximum absolute atomic E-state index is 11.4. The van der Waals surface area contributed by atoms with E-state index < -0.39 is 0 Å². The van der Waals surface area contributed by atoms with Crippen LogP contribution in [0.1, 0.15) is 23.1 Å². The molecule has 1 atom stereocenters. The van der Waals surface area contributed by atoms with Crippen LogP contribution < -0.4 is 5.32 Å². The highest BCUT2D eigenvalue weighted by Gasteiger charge is 2.23. The lowest BCUT2D eigenvalue weighted by Gasteiger charge is -2.08. The minimum absolute atomic E-state index is 0.187. The van der Waals surface area contributed by atoms with E-state index in [2.05, 4.69) is 37.4 Å². The molecule has 1 amide bonds. The second-order valence-electron chi connectivity index (χ2n) is 4.40. The van der Waals surface area contributed by atoms with Gasteiger partial charge in [-0.3, -0.25) is 4.79 Å². The Balaban J connectivity index is 2.10. The highest BCUT2D eigenvalue weighted by atomic mass is 16.2. The van der Waals surface area contributed by atoms with Crippen molar-refractivity contribution in [1.82, 2.24) is 5.32 Å². The second-order valence-corrected chi connectivity index (χ2v) is 4.40. The third-order valence-electron chi connectivity index (χ3n) is 3.22. The molecule has 1 unspecified atom stereocenters. The Hall–Kier alpha value is -1.31. The first-order valence-corrected chi connectivity index (χ1v) is 5.50. The van der Waals surface area contributed by atoms with E-state index in [4.69, 9.17) is 0 Å². The molecule has 0 radical (unpaired) electrons. The zero-order valence-corrected chi connectivity index (χ0v) is 9.34. The summed E-state index contributed by atoms with van der Waals surface area (Å²) in [4.78, 5) is 11.4. The molecule has 1 aromatic rings. The molecule has 1 aliphatic rings. The van der Waals surface area contributed by atoms with Gasteiger partial charge in [-0.2, -0.15) is 0 Å². The van der Waals surface area contributed by atoms with Crippen molar-refractivity contribution < 1.29 is 4.79 Å². The molecule has 0 spiro atoms. The zero-order valence-electron chi connectivity index (χ0n) is 9.34. The predicted octanol–water partition coefficient (Wildman–Crippen LogP) is 1.98. The van der Waals surface area contributed by atoms with Gasteiger partial charge in [-0.05, 0) is 43.4 Å². The number of amides is 1. The minimum Gasteiger partial charge on any atom is -0.356 e. The Morgan fingerprint density at radius 2 is 2.13 bits per heavy atom. The molecule has 1 aromatic carbocycles. The van der Waals surface area contributed by atoms with Crippen molar-refractivity contribution in [3.63, 3.8) is 0 Å². The molecule has 0 aliphatic carbocycles. The number of rotatable bonds is 2. The van der Waals surface area contributed by atoms with Crippen LogP contribution in [-0.2, 0) is 11.2 Å².